The number of hydrogen-bond donors (Lipinski definition) is 1. The van der Waals surface area contributed by atoms with Gasteiger partial charge in [-0.25, -0.2) is 4.79 Å². The van der Waals surface area contributed by atoms with Crippen molar-refractivity contribution < 1.29 is 9.90 Å². The van der Waals surface area contributed by atoms with Crippen LogP contribution in [0.2, 0.25) is 0 Å². The molecule has 0 spiro atoms. The Balaban J connectivity index is 3.48. The van der Waals surface area contributed by atoms with Crippen molar-refractivity contribution in [3.8, 4) is 6.07 Å². The van der Waals surface area contributed by atoms with Crippen molar-refractivity contribution >= 4 is 5.97 Å². The molecule has 78 valence electrons. The number of benzene rings is 1. The SMILES string of the molecule is CCc1cc(C#N)c(CC)c(C(=O)O)c1. The van der Waals surface area contributed by atoms with Crippen LogP contribution in [0.5, 0.6) is 0 Å². The van der Waals surface area contributed by atoms with Crippen LogP contribution in [0, 0.1) is 11.3 Å². The molecule has 1 N–H and O–H groups in total. The molecule has 0 saturated heterocycles. The Labute approximate surface area is 89.0 Å². The van der Waals surface area contributed by atoms with Crippen LogP contribution in [0.4, 0.5) is 0 Å². The molecule has 0 saturated carbocycles. The Bertz CT molecular complexity index is 430. The molecule has 0 aliphatic rings. The maximum atomic E-state index is 11.0. The van der Waals surface area contributed by atoms with E-state index in [-0.39, 0.29) is 5.56 Å². The van der Waals surface area contributed by atoms with Gasteiger partial charge in [0.05, 0.1) is 17.2 Å². The van der Waals surface area contributed by atoms with Gasteiger partial charge in [0.25, 0.3) is 0 Å². The predicted molar refractivity (Wildman–Crippen MR) is 56.9 cm³/mol. The number of carboxylic acids is 1. The average Bonchev–Trinajstić information content (AvgIpc) is 2.26. The normalized spacial score (nSPS) is 9.67. The van der Waals surface area contributed by atoms with E-state index < -0.39 is 5.97 Å². The quantitative estimate of drug-likeness (QED) is 0.820. The van der Waals surface area contributed by atoms with Crippen molar-refractivity contribution in [1.82, 2.24) is 0 Å². The highest BCUT2D eigenvalue weighted by Crippen LogP contribution is 2.18. The van der Waals surface area contributed by atoms with Gasteiger partial charge in [0.2, 0.25) is 0 Å². The zero-order valence-electron chi connectivity index (χ0n) is 8.87. The number of nitriles is 1. The molecule has 0 amide bonds. The molecular formula is C12H13NO2. The van der Waals surface area contributed by atoms with Crippen molar-refractivity contribution in [3.05, 3.63) is 34.4 Å². The highest BCUT2D eigenvalue weighted by molar-refractivity contribution is 5.90. The van der Waals surface area contributed by atoms with E-state index in [2.05, 4.69) is 6.07 Å². The lowest BCUT2D eigenvalue weighted by Crippen LogP contribution is -2.05. The minimum absolute atomic E-state index is 0.258. The maximum Gasteiger partial charge on any atom is 0.336 e. The average molecular weight is 203 g/mol. The Morgan fingerprint density at radius 2 is 2.07 bits per heavy atom. The van der Waals surface area contributed by atoms with Gasteiger partial charge in [0.15, 0.2) is 0 Å². The monoisotopic (exact) mass is 203 g/mol. The number of hydrogen-bond acceptors (Lipinski definition) is 2. The largest absolute Gasteiger partial charge is 0.478 e. The molecule has 3 heteroatoms. The van der Waals surface area contributed by atoms with E-state index in [0.717, 1.165) is 12.0 Å². The molecule has 15 heavy (non-hydrogen) atoms. The predicted octanol–water partition coefficient (Wildman–Crippen LogP) is 2.38. The van der Waals surface area contributed by atoms with E-state index in [1.807, 2.05) is 13.8 Å². The lowest BCUT2D eigenvalue weighted by Gasteiger charge is -2.08. The van der Waals surface area contributed by atoms with Gasteiger partial charge in [-0.2, -0.15) is 5.26 Å². The van der Waals surface area contributed by atoms with Gasteiger partial charge in [-0.15, -0.1) is 0 Å². The number of carboxylic acid groups (broad SMARTS) is 1. The van der Waals surface area contributed by atoms with Gasteiger partial charge >= 0.3 is 5.97 Å². The Hall–Kier alpha value is -1.82. The first kappa shape index (κ1) is 11.3. The smallest absolute Gasteiger partial charge is 0.336 e. The molecule has 0 fully saturated rings. The molecule has 3 nitrogen and oxygen atoms in total. The number of carbonyl (C=O) groups is 1. The van der Waals surface area contributed by atoms with Gasteiger partial charge in [0, 0.05) is 0 Å². The van der Waals surface area contributed by atoms with Gasteiger partial charge < -0.3 is 5.11 Å². The van der Waals surface area contributed by atoms with E-state index in [1.165, 1.54) is 0 Å². The minimum atomic E-state index is -0.960. The first-order chi connectivity index (χ1) is 7.13. The van der Waals surface area contributed by atoms with Crippen LogP contribution < -0.4 is 0 Å². The number of aromatic carboxylic acids is 1. The molecule has 0 radical (unpaired) electrons. The van der Waals surface area contributed by atoms with Crippen molar-refractivity contribution in [2.24, 2.45) is 0 Å². The topological polar surface area (TPSA) is 61.1 Å². The van der Waals surface area contributed by atoms with E-state index in [0.29, 0.717) is 17.5 Å². The molecule has 1 rings (SSSR count). The molecule has 0 atom stereocenters. The summed E-state index contributed by atoms with van der Waals surface area (Å²) < 4.78 is 0. The second-order valence-electron chi connectivity index (χ2n) is 3.29. The van der Waals surface area contributed by atoms with E-state index in [9.17, 15) is 4.79 Å². The summed E-state index contributed by atoms with van der Waals surface area (Å²) in [7, 11) is 0. The molecule has 0 heterocycles. The summed E-state index contributed by atoms with van der Waals surface area (Å²) in [5.74, 6) is -0.960. The summed E-state index contributed by atoms with van der Waals surface area (Å²) in [5, 5.41) is 18.0. The zero-order chi connectivity index (χ0) is 11.4. The first-order valence-corrected chi connectivity index (χ1v) is 4.93. The lowest BCUT2D eigenvalue weighted by molar-refractivity contribution is 0.0695. The molecule has 0 aliphatic heterocycles. The van der Waals surface area contributed by atoms with Gasteiger partial charge in [-0.1, -0.05) is 13.8 Å². The summed E-state index contributed by atoms with van der Waals surface area (Å²) in [6, 6.07) is 5.48. The second kappa shape index (κ2) is 4.61. The van der Waals surface area contributed by atoms with E-state index >= 15 is 0 Å². The molecule has 0 bridgehead atoms. The molecule has 1 aromatic carbocycles. The fraction of sp³-hybridized carbons (Fsp3) is 0.333. The fourth-order valence-electron chi connectivity index (χ4n) is 1.61. The highest BCUT2D eigenvalue weighted by Gasteiger charge is 2.13. The standard InChI is InChI=1S/C12H13NO2/c1-3-8-5-9(7-13)10(4-2)11(6-8)12(14)15/h5-6H,3-4H2,1-2H3,(H,14,15). The molecule has 1 aromatic rings. The van der Waals surface area contributed by atoms with Crippen molar-refractivity contribution in [3.63, 3.8) is 0 Å². The third-order valence-corrected chi connectivity index (χ3v) is 2.42. The molecule has 0 aliphatic carbocycles. The van der Waals surface area contributed by atoms with Gasteiger partial charge in [-0.05, 0) is 36.1 Å². The van der Waals surface area contributed by atoms with Crippen molar-refractivity contribution in [2.75, 3.05) is 0 Å². The van der Waals surface area contributed by atoms with Crippen LogP contribution in [0.1, 0.15) is 40.9 Å². The zero-order valence-corrected chi connectivity index (χ0v) is 8.87. The third-order valence-electron chi connectivity index (χ3n) is 2.42. The maximum absolute atomic E-state index is 11.0. The summed E-state index contributed by atoms with van der Waals surface area (Å²) in [4.78, 5) is 11.0. The Kier molecular flexibility index (Phi) is 3.46. The van der Waals surface area contributed by atoms with E-state index in [4.69, 9.17) is 10.4 Å². The fourth-order valence-corrected chi connectivity index (χ4v) is 1.61. The van der Waals surface area contributed by atoms with Crippen LogP contribution in [-0.2, 0) is 12.8 Å². The summed E-state index contributed by atoms with van der Waals surface area (Å²) >= 11 is 0. The van der Waals surface area contributed by atoms with Gasteiger partial charge in [0.1, 0.15) is 0 Å². The van der Waals surface area contributed by atoms with Crippen LogP contribution in [0.3, 0.4) is 0 Å². The second-order valence-corrected chi connectivity index (χ2v) is 3.29. The van der Waals surface area contributed by atoms with Gasteiger partial charge in [-0.3, -0.25) is 0 Å². The molecular weight excluding hydrogens is 190 g/mol. The number of rotatable bonds is 3. The van der Waals surface area contributed by atoms with Crippen LogP contribution >= 0.6 is 0 Å². The lowest BCUT2D eigenvalue weighted by atomic mass is 9.95. The Morgan fingerprint density at radius 3 is 2.47 bits per heavy atom. The molecule has 0 aromatic heterocycles. The highest BCUT2D eigenvalue weighted by atomic mass is 16.4. The summed E-state index contributed by atoms with van der Waals surface area (Å²) in [6.07, 6.45) is 1.30. The molecule has 0 unspecified atom stereocenters. The van der Waals surface area contributed by atoms with Crippen LogP contribution in [0.15, 0.2) is 12.1 Å². The minimum Gasteiger partial charge on any atom is -0.478 e. The van der Waals surface area contributed by atoms with Crippen LogP contribution in [-0.4, -0.2) is 11.1 Å². The Morgan fingerprint density at radius 1 is 1.40 bits per heavy atom. The summed E-state index contributed by atoms with van der Waals surface area (Å²) in [6.45, 7) is 3.79. The number of aryl methyl sites for hydroxylation is 1. The number of nitrogens with zero attached hydrogens (tertiary/aromatic N) is 1. The van der Waals surface area contributed by atoms with Crippen molar-refractivity contribution in [2.45, 2.75) is 26.7 Å². The van der Waals surface area contributed by atoms with Crippen LogP contribution in [0.25, 0.3) is 0 Å². The summed E-state index contributed by atoms with van der Waals surface area (Å²) in [5.41, 5.74) is 2.26. The van der Waals surface area contributed by atoms with Crippen molar-refractivity contribution in [1.29, 1.82) is 5.26 Å². The van der Waals surface area contributed by atoms with E-state index in [1.54, 1.807) is 12.1 Å². The third kappa shape index (κ3) is 2.16. The first-order valence-electron chi connectivity index (χ1n) is 4.93.